The minimum atomic E-state index is 0.451. The van der Waals surface area contributed by atoms with E-state index >= 15 is 0 Å². The second-order valence-electron chi connectivity index (χ2n) is 5.07. The molecular weight excluding hydrogens is 186 g/mol. The molecule has 15 heavy (non-hydrogen) atoms. The topological polar surface area (TPSA) is 40.7 Å². The van der Waals surface area contributed by atoms with Gasteiger partial charge < -0.3 is 5.32 Å². The van der Waals surface area contributed by atoms with E-state index in [0.717, 1.165) is 18.2 Å². The molecule has 2 N–H and O–H groups in total. The fraction of sp³-hybridized carbons (Fsp3) is 0.750. The Hall–Kier alpha value is -0.990. The number of H-pyrrole nitrogens is 1. The Labute approximate surface area is 91.7 Å². The average molecular weight is 207 g/mol. The van der Waals surface area contributed by atoms with Gasteiger partial charge in [0.15, 0.2) is 5.82 Å². The molecule has 0 spiro atoms. The van der Waals surface area contributed by atoms with Crippen molar-refractivity contribution in [2.75, 3.05) is 5.32 Å². The summed E-state index contributed by atoms with van der Waals surface area (Å²) in [5.74, 6) is 2.45. The summed E-state index contributed by atoms with van der Waals surface area (Å²) in [6.45, 7) is 8.91. The second-order valence-corrected chi connectivity index (χ2v) is 5.07. The first-order valence-corrected chi connectivity index (χ1v) is 5.93. The van der Waals surface area contributed by atoms with Crippen LogP contribution in [0.4, 0.5) is 5.82 Å². The van der Waals surface area contributed by atoms with Crippen LogP contribution in [0.25, 0.3) is 0 Å². The molecule has 1 aliphatic rings. The largest absolute Gasteiger partial charge is 0.366 e. The molecule has 0 aliphatic heterocycles. The highest BCUT2D eigenvalue weighted by molar-refractivity contribution is 5.49. The molecule has 0 saturated heterocycles. The van der Waals surface area contributed by atoms with Crippen LogP contribution >= 0.6 is 0 Å². The fourth-order valence-corrected chi connectivity index (χ4v) is 2.31. The van der Waals surface area contributed by atoms with E-state index in [1.54, 1.807) is 0 Å². The zero-order chi connectivity index (χ0) is 11.0. The van der Waals surface area contributed by atoms with Gasteiger partial charge in [-0.1, -0.05) is 13.8 Å². The van der Waals surface area contributed by atoms with Crippen molar-refractivity contribution in [2.24, 2.45) is 5.92 Å². The standard InChI is InChI=1S/C12H21N3/c1-7(2)13-12-10-6-5-8(3)9(4)11(10)14-15-12/h7-9H,5-6H2,1-4H3,(H2,13,14,15). The van der Waals surface area contributed by atoms with E-state index in [2.05, 4.69) is 43.2 Å². The molecule has 1 aromatic heterocycles. The molecule has 1 heterocycles. The van der Waals surface area contributed by atoms with Crippen LogP contribution in [0.3, 0.4) is 0 Å². The number of hydrogen-bond acceptors (Lipinski definition) is 2. The first kappa shape index (κ1) is 10.5. The fourth-order valence-electron chi connectivity index (χ4n) is 2.31. The summed E-state index contributed by atoms with van der Waals surface area (Å²) in [6.07, 6.45) is 2.44. The highest BCUT2D eigenvalue weighted by atomic mass is 15.2. The van der Waals surface area contributed by atoms with Gasteiger partial charge in [-0.3, -0.25) is 5.10 Å². The zero-order valence-electron chi connectivity index (χ0n) is 10.1. The lowest BCUT2D eigenvalue weighted by molar-refractivity contribution is 0.419. The number of anilines is 1. The van der Waals surface area contributed by atoms with Gasteiger partial charge in [-0.2, -0.15) is 5.10 Å². The Morgan fingerprint density at radius 3 is 2.80 bits per heavy atom. The number of aromatic nitrogens is 2. The molecule has 3 nitrogen and oxygen atoms in total. The molecule has 0 bridgehead atoms. The lowest BCUT2D eigenvalue weighted by Gasteiger charge is -2.25. The predicted octanol–water partition coefficient (Wildman–Crippen LogP) is 2.92. The van der Waals surface area contributed by atoms with Crippen LogP contribution in [0, 0.1) is 5.92 Å². The highest BCUT2D eigenvalue weighted by Crippen LogP contribution is 2.37. The summed E-state index contributed by atoms with van der Waals surface area (Å²) >= 11 is 0. The van der Waals surface area contributed by atoms with Gasteiger partial charge in [-0.05, 0) is 32.6 Å². The van der Waals surface area contributed by atoms with Crippen molar-refractivity contribution in [1.29, 1.82) is 0 Å². The molecule has 2 unspecified atom stereocenters. The zero-order valence-corrected chi connectivity index (χ0v) is 10.1. The van der Waals surface area contributed by atoms with Crippen LogP contribution < -0.4 is 5.32 Å². The maximum atomic E-state index is 4.39. The number of nitrogens with one attached hydrogen (secondary N) is 2. The average Bonchev–Trinajstić information content (AvgIpc) is 2.55. The second kappa shape index (κ2) is 3.87. The third-order valence-electron chi connectivity index (χ3n) is 3.48. The van der Waals surface area contributed by atoms with Crippen LogP contribution in [0.5, 0.6) is 0 Å². The maximum absolute atomic E-state index is 4.39. The Kier molecular flexibility index (Phi) is 2.72. The predicted molar refractivity (Wildman–Crippen MR) is 63.2 cm³/mol. The smallest absolute Gasteiger partial charge is 0.151 e. The molecule has 0 radical (unpaired) electrons. The summed E-state index contributed by atoms with van der Waals surface area (Å²) in [6, 6.07) is 0.451. The molecule has 1 aromatic rings. The quantitative estimate of drug-likeness (QED) is 0.783. The van der Waals surface area contributed by atoms with E-state index in [1.165, 1.54) is 17.7 Å². The van der Waals surface area contributed by atoms with Crippen LogP contribution in [-0.4, -0.2) is 16.2 Å². The van der Waals surface area contributed by atoms with E-state index in [9.17, 15) is 0 Å². The molecule has 2 rings (SSSR count). The van der Waals surface area contributed by atoms with Crippen LogP contribution in [0.1, 0.15) is 51.3 Å². The Balaban J connectivity index is 2.27. The Bertz CT molecular complexity index is 341. The molecule has 1 aliphatic carbocycles. The first-order valence-electron chi connectivity index (χ1n) is 5.93. The third kappa shape index (κ3) is 1.87. The molecule has 0 saturated carbocycles. The van der Waals surface area contributed by atoms with E-state index in [-0.39, 0.29) is 0 Å². The molecule has 0 amide bonds. The van der Waals surface area contributed by atoms with Crippen molar-refractivity contribution >= 4 is 5.82 Å². The van der Waals surface area contributed by atoms with E-state index in [1.807, 2.05) is 0 Å². The monoisotopic (exact) mass is 207 g/mol. The van der Waals surface area contributed by atoms with Crippen molar-refractivity contribution in [3.05, 3.63) is 11.3 Å². The highest BCUT2D eigenvalue weighted by Gasteiger charge is 2.27. The minimum absolute atomic E-state index is 0.451. The number of aromatic amines is 1. The molecule has 2 atom stereocenters. The van der Waals surface area contributed by atoms with E-state index < -0.39 is 0 Å². The van der Waals surface area contributed by atoms with Gasteiger partial charge in [0.1, 0.15) is 0 Å². The summed E-state index contributed by atoms with van der Waals surface area (Å²) in [7, 11) is 0. The van der Waals surface area contributed by atoms with Gasteiger partial charge in [-0.25, -0.2) is 0 Å². The number of nitrogens with zero attached hydrogens (tertiary/aromatic N) is 1. The summed E-state index contributed by atoms with van der Waals surface area (Å²) in [5.41, 5.74) is 2.76. The third-order valence-corrected chi connectivity index (χ3v) is 3.48. The molecule has 3 heteroatoms. The summed E-state index contributed by atoms with van der Waals surface area (Å²) in [5, 5.41) is 11.0. The van der Waals surface area contributed by atoms with Crippen LogP contribution in [0.2, 0.25) is 0 Å². The summed E-state index contributed by atoms with van der Waals surface area (Å²) in [4.78, 5) is 0. The van der Waals surface area contributed by atoms with Gasteiger partial charge in [0.2, 0.25) is 0 Å². The van der Waals surface area contributed by atoms with Crippen molar-refractivity contribution in [2.45, 2.75) is 52.5 Å². The Morgan fingerprint density at radius 1 is 1.40 bits per heavy atom. The lowest BCUT2D eigenvalue weighted by atomic mass is 9.80. The molecular formula is C12H21N3. The number of rotatable bonds is 2. The number of hydrogen-bond donors (Lipinski definition) is 2. The van der Waals surface area contributed by atoms with Gasteiger partial charge in [0.25, 0.3) is 0 Å². The first-order chi connectivity index (χ1) is 7.09. The van der Waals surface area contributed by atoms with Gasteiger partial charge in [-0.15, -0.1) is 0 Å². The van der Waals surface area contributed by atoms with E-state index in [0.29, 0.717) is 12.0 Å². The lowest BCUT2D eigenvalue weighted by Crippen LogP contribution is -2.17. The van der Waals surface area contributed by atoms with Crippen LogP contribution in [-0.2, 0) is 6.42 Å². The Morgan fingerprint density at radius 2 is 2.13 bits per heavy atom. The van der Waals surface area contributed by atoms with Gasteiger partial charge in [0.05, 0.1) is 0 Å². The number of fused-ring (bicyclic) bond motifs is 1. The normalized spacial score (nSPS) is 25.4. The SMILES string of the molecule is CC(C)Nc1n[nH]c2c1CCC(C)C2C. The van der Waals surface area contributed by atoms with Crippen molar-refractivity contribution in [3.8, 4) is 0 Å². The molecule has 0 fully saturated rings. The van der Waals surface area contributed by atoms with Crippen molar-refractivity contribution in [1.82, 2.24) is 10.2 Å². The van der Waals surface area contributed by atoms with Crippen molar-refractivity contribution < 1.29 is 0 Å². The van der Waals surface area contributed by atoms with Gasteiger partial charge >= 0.3 is 0 Å². The molecule has 84 valence electrons. The maximum Gasteiger partial charge on any atom is 0.151 e. The van der Waals surface area contributed by atoms with E-state index in [4.69, 9.17) is 0 Å². The van der Waals surface area contributed by atoms with Gasteiger partial charge in [0, 0.05) is 23.2 Å². The van der Waals surface area contributed by atoms with Crippen LogP contribution in [0.15, 0.2) is 0 Å². The van der Waals surface area contributed by atoms with Crippen molar-refractivity contribution in [3.63, 3.8) is 0 Å². The molecule has 0 aromatic carbocycles. The minimum Gasteiger partial charge on any atom is -0.366 e. The summed E-state index contributed by atoms with van der Waals surface area (Å²) < 4.78 is 0.